The van der Waals surface area contributed by atoms with Crippen molar-refractivity contribution in [1.29, 1.82) is 0 Å². The van der Waals surface area contributed by atoms with Crippen molar-refractivity contribution in [3.8, 4) is 0 Å². The normalized spacial score (nSPS) is 21.1. The number of rotatable bonds is 7. The van der Waals surface area contributed by atoms with Gasteiger partial charge in [-0.15, -0.1) is 0 Å². The summed E-state index contributed by atoms with van der Waals surface area (Å²) >= 11 is 0. The number of hydrogen-bond acceptors (Lipinski definition) is 4. The fourth-order valence-corrected chi connectivity index (χ4v) is 5.50. The van der Waals surface area contributed by atoms with Gasteiger partial charge in [0.1, 0.15) is 17.6 Å². The first-order valence-corrected chi connectivity index (χ1v) is 12.6. The molecule has 0 radical (unpaired) electrons. The van der Waals surface area contributed by atoms with E-state index in [0.29, 0.717) is 24.0 Å². The Morgan fingerprint density at radius 1 is 1.05 bits per heavy atom. The van der Waals surface area contributed by atoms with E-state index in [1.54, 1.807) is 42.5 Å². The number of Topliss-reactive ketones (excluding diaryl/α,β-unsaturated/α-hetero) is 1. The molecule has 3 N–H and O–H groups in total. The number of carbonyl (C=O) groups is 4. The van der Waals surface area contributed by atoms with Crippen LogP contribution < -0.4 is 10.6 Å². The fraction of sp³-hybridized carbons (Fsp3) is 0.310. The van der Waals surface area contributed by atoms with Crippen LogP contribution in [0.4, 0.5) is 4.39 Å². The number of aryl methyl sites for hydroxylation is 1. The van der Waals surface area contributed by atoms with Gasteiger partial charge in [-0.1, -0.05) is 30.3 Å². The molecule has 1 aliphatic heterocycles. The molecular formula is C29H28FN3O5. The number of ketones is 1. The molecule has 2 unspecified atom stereocenters. The first-order chi connectivity index (χ1) is 18.3. The van der Waals surface area contributed by atoms with Crippen LogP contribution in [0, 0.1) is 11.7 Å². The SMILES string of the molecule is O=C(NC(Cc1ccc(F)cc1)C(=O)N[C@H]1CCc2ccn3c2C1C(=O)C[C@H](C(=O)O)C3)c1ccccc1. The lowest BCUT2D eigenvalue weighted by molar-refractivity contribution is -0.144. The van der Waals surface area contributed by atoms with Crippen molar-refractivity contribution in [3.05, 3.63) is 95.1 Å². The van der Waals surface area contributed by atoms with Gasteiger partial charge in [-0.25, -0.2) is 4.39 Å². The predicted molar refractivity (Wildman–Crippen MR) is 136 cm³/mol. The van der Waals surface area contributed by atoms with Crippen molar-refractivity contribution in [2.75, 3.05) is 0 Å². The maximum atomic E-state index is 13.6. The Morgan fingerprint density at radius 3 is 2.50 bits per heavy atom. The number of carboxylic acids is 1. The highest BCUT2D eigenvalue weighted by molar-refractivity contribution is 5.98. The van der Waals surface area contributed by atoms with E-state index in [9.17, 15) is 28.7 Å². The summed E-state index contributed by atoms with van der Waals surface area (Å²) in [6.07, 6.45) is 2.96. The van der Waals surface area contributed by atoms with Crippen LogP contribution in [0.25, 0.3) is 0 Å². The molecule has 0 saturated carbocycles. The lowest BCUT2D eigenvalue weighted by atomic mass is 9.79. The van der Waals surface area contributed by atoms with E-state index in [2.05, 4.69) is 10.6 Å². The molecule has 38 heavy (non-hydrogen) atoms. The Labute approximate surface area is 218 Å². The molecule has 1 aromatic heterocycles. The molecule has 2 heterocycles. The molecule has 0 spiro atoms. The number of halogens is 1. The van der Waals surface area contributed by atoms with E-state index < -0.39 is 47.5 Å². The molecule has 0 bridgehead atoms. The van der Waals surface area contributed by atoms with Crippen LogP contribution in [0.15, 0.2) is 66.9 Å². The minimum absolute atomic E-state index is 0.114. The summed E-state index contributed by atoms with van der Waals surface area (Å²) < 4.78 is 15.3. The van der Waals surface area contributed by atoms with Crippen molar-refractivity contribution in [3.63, 3.8) is 0 Å². The minimum Gasteiger partial charge on any atom is -0.481 e. The van der Waals surface area contributed by atoms with E-state index in [-0.39, 0.29) is 25.2 Å². The van der Waals surface area contributed by atoms with Gasteiger partial charge in [-0.05, 0) is 54.3 Å². The number of carbonyl (C=O) groups excluding carboxylic acids is 3. The van der Waals surface area contributed by atoms with E-state index in [0.717, 1.165) is 11.3 Å². The van der Waals surface area contributed by atoms with Crippen LogP contribution >= 0.6 is 0 Å². The van der Waals surface area contributed by atoms with Crippen molar-refractivity contribution in [2.45, 2.75) is 50.2 Å². The molecule has 2 amide bonds. The highest BCUT2D eigenvalue weighted by Crippen LogP contribution is 2.38. The molecule has 3 aromatic rings. The van der Waals surface area contributed by atoms with Crippen molar-refractivity contribution in [2.24, 2.45) is 5.92 Å². The van der Waals surface area contributed by atoms with Crippen molar-refractivity contribution in [1.82, 2.24) is 15.2 Å². The summed E-state index contributed by atoms with van der Waals surface area (Å²) in [5.41, 5.74) is 2.80. The lowest BCUT2D eigenvalue weighted by Crippen LogP contribution is -2.53. The summed E-state index contributed by atoms with van der Waals surface area (Å²) in [5.74, 6) is -4.04. The van der Waals surface area contributed by atoms with E-state index in [4.69, 9.17) is 0 Å². The largest absolute Gasteiger partial charge is 0.481 e. The summed E-state index contributed by atoms with van der Waals surface area (Å²) in [6, 6.07) is 14.6. The Hall–Kier alpha value is -4.27. The van der Waals surface area contributed by atoms with Gasteiger partial charge in [0.2, 0.25) is 5.91 Å². The van der Waals surface area contributed by atoms with Crippen LogP contribution in [0.2, 0.25) is 0 Å². The molecule has 196 valence electrons. The summed E-state index contributed by atoms with van der Waals surface area (Å²) in [7, 11) is 0. The molecule has 4 atom stereocenters. The Kier molecular flexibility index (Phi) is 7.09. The first kappa shape index (κ1) is 25.4. The van der Waals surface area contributed by atoms with E-state index in [1.807, 2.05) is 16.8 Å². The third-order valence-electron chi connectivity index (χ3n) is 7.42. The average Bonchev–Trinajstić information content (AvgIpc) is 3.24. The number of aromatic nitrogens is 1. The zero-order chi connectivity index (χ0) is 26.8. The number of amides is 2. The number of nitrogens with zero attached hydrogens (tertiary/aromatic N) is 1. The average molecular weight is 518 g/mol. The minimum atomic E-state index is -1.02. The molecule has 1 aliphatic carbocycles. The monoisotopic (exact) mass is 517 g/mol. The van der Waals surface area contributed by atoms with Gasteiger partial charge in [0.15, 0.2) is 0 Å². The van der Waals surface area contributed by atoms with Crippen LogP contribution in [-0.4, -0.2) is 45.3 Å². The highest BCUT2D eigenvalue weighted by atomic mass is 19.1. The third kappa shape index (κ3) is 5.22. The second-order valence-electron chi connectivity index (χ2n) is 9.94. The summed E-state index contributed by atoms with van der Waals surface area (Å²) in [6.45, 7) is 0.202. The van der Waals surface area contributed by atoms with Crippen LogP contribution in [0.5, 0.6) is 0 Å². The van der Waals surface area contributed by atoms with Gasteiger partial charge in [0.05, 0.1) is 11.8 Å². The molecule has 0 fully saturated rings. The maximum Gasteiger partial charge on any atom is 0.308 e. The molecule has 2 aliphatic rings. The molecular weight excluding hydrogens is 489 g/mol. The number of aliphatic carboxylic acids is 1. The van der Waals surface area contributed by atoms with Gasteiger partial charge in [0.25, 0.3) is 5.91 Å². The van der Waals surface area contributed by atoms with Crippen molar-refractivity contribution >= 4 is 23.6 Å². The van der Waals surface area contributed by atoms with Crippen molar-refractivity contribution < 1.29 is 28.7 Å². The lowest BCUT2D eigenvalue weighted by Gasteiger charge is -2.33. The second-order valence-corrected chi connectivity index (χ2v) is 9.94. The van der Waals surface area contributed by atoms with Crippen LogP contribution in [-0.2, 0) is 33.8 Å². The van der Waals surface area contributed by atoms with Gasteiger partial charge >= 0.3 is 5.97 Å². The topological polar surface area (TPSA) is 118 Å². The first-order valence-electron chi connectivity index (χ1n) is 12.6. The number of benzene rings is 2. The second kappa shape index (κ2) is 10.6. The number of hydrogen-bond donors (Lipinski definition) is 3. The maximum absolute atomic E-state index is 13.6. The molecule has 2 aromatic carbocycles. The molecule has 5 rings (SSSR count). The summed E-state index contributed by atoms with van der Waals surface area (Å²) in [5, 5.41) is 15.4. The molecule has 9 heteroatoms. The smallest absolute Gasteiger partial charge is 0.308 e. The van der Waals surface area contributed by atoms with Gasteiger partial charge in [-0.3, -0.25) is 19.2 Å². The molecule has 8 nitrogen and oxygen atoms in total. The van der Waals surface area contributed by atoms with Gasteiger partial charge in [-0.2, -0.15) is 0 Å². The Morgan fingerprint density at radius 2 is 1.79 bits per heavy atom. The highest BCUT2D eigenvalue weighted by Gasteiger charge is 2.42. The van der Waals surface area contributed by atoms with Gasteiger partial charge in [0, 0.05) is 42.9 Å². The summed E-state index contributed by atoms with van der Waals surface area (Å²) in [4.78, 5) is 51.6. The Balaban J connectivity index is 1.40. The molecule has 0 saturated heterocycles. The Bertz CT molecular complexity index is 1370. The quantitative estimate of drug-likeness (QED) is 0.446. The van der Waals surface area contributed by atoms with Crippen LogP contribution in [0.3, 0.4) is 0 Å². The van der Waals surface area contributed by atoms with E-state index >= 15 is 0 Å². The predicted octanol–water partition coefficient (Wildman–Crippen LogP) is 2.86. The van der Waals surface area contributed by atoms with E-state index in [1.165, 1.54) is 12.1 Å². The standard InChI is InChI=1S/C29H28FN3O5/c30-21-9-6-17(7-10-21)14-23(32-27(35)19-4-2-1-3-5-19)28(36)31-22-11-8-18-12-13-33-16-20(29(37)38)15-24(34)25(22)26(18)33/h1-7,9-10,12-13,20,22-23,25H,8,11,14-16H2,(H,31,36)(H,32,35)(H,37,38)/t20-,22-,23?,25?/m0/s1. The van der Waals surface area contributed by atoms with Gasteiger partial charge < -0.3 is 20.3 Å². The zero-order valence-electron chi connectivity index (χ0n) is 20.6. The number of nitrogens with one attached hydrogen (secondary N) is 2. The zero-order valence-corrected chi connectivity index (χ0v) is 20.6. The third-order valence-corrected chi connectivity index (χ3v) is 7.42. The van der Waals surface area contributed by atoms with Crippen LogP contribution in [0.1, 0.15) is 45.9 Å². The fourth-order valence-electron chi connectivity index (χ4n) is 5.50. The number of carboxylic acid groups (broad SMARTS) is 1.